The summed E-state index contributed by atoms with van der Waals surface area (Å²) in [7, 11) is 0. The van der Waals surface area contributed by atoms with Crippen molar-refractivity contribution in [3.63, 3.8) is 0 Å². The summed E-state index contributed by atoms with van der Waals surface area (Å²) < 4.78 is 2.39. The zero-order valence-electron chi connectivity index (χ0n) is 12.9. The Kier molecular flexibility index (Phi) is 3.37. The van der Waals surface area contributed by atoms with Crippen LogP contribution < -0.4 is 10.6 Å². The molecule has 2 aromatic rings. The average Bonchev–Trinajstić information content (AvgIpc) is 3.16. The molecule has 5 nitrogen and oxygen atoms in total. The van der Waals surface area contributed by atoms with E-state index < -0.39 is 0 Å². The van der Waals surface area contributed by atoms with Gasteiger partial charge in [-0.05, 0) is 31.5 Å². The molecule has 0 saturated carbocycles. The van der Waals surface area contributed by atoms with Crippen LogP contribution >= 0.6 is 0 Å². The Labute approximate surface area is 130 Å². The molecule has 2 N–H and O–H groups in total. The maximum atomic E-state index is 11.8. The molecule has 0 bridgehead atoms. The van der Waals surface area contributed by atoms with Gasteiger partial charge in [0.25, 0.3) is 0 Å². The van der Waals surface area contributed by atoms with Gasteiger partial charge in [0.1, 0.15) is 5.82 Å². The van der Waals surface area contributed by atoms with Crippen LogP contribution in [0.15, 0.2) is 24.3 Å². The number of rotatable bonds is 2. The molecule has 3 heterocycles. The molecule has 4 rings (SSSR count). The third-order valence-corrected chi connectivity index (χ3v) is 5.00. The number of hydrogen-bond donors (Lipinski definition) is 2. The molecule has 22 heavy (non-hydrogen) atoms. The summed E-state index contributed by atoms with van der Waals surface area (Å²) >= 11 is 0. The van der Waals surface area contributed by atoms with Crippen LogP contribution in [0.1, 0.15) is 37.5 Å². The molecule has 2 fully saturated rings. The van der Waals surface area contributed by atoms with E-state index in [4.69, 9.17) is 4.98 Å². The van der Waals surface area contributed by atoms with E-state index in [1.807, 2.05) is 13.0 Å². The number of carbonyl (C=O) groups excluding carboxylic acids is 1. The number of carbonyl (C=O) groups is 1. The molecule has 116 valence electrons. The molecule has 1 aromatic carbocycles. The van der Waals surface area contributed by atoms with E-state index in [1.54, 1.807) is 0 Å². The van der Waals surface area contributed by atoms with E-state index in [9.17, 15) is 4.79 Å². The second kappa shape index (κ2) is 5.39. The van der Waals surface area contributed by atoms with Crippen molar-refractivity contribution >= 4 is 16.9 Å². The summed E-state index contributed by atoms with van der Waals surface area (Å²) in [5.74, 6) is 1.89. The molecule has 2 aliphatic heterocycles. The maximum absolute atomic E-state index is 11.8. The number of hydrogen-bond acceptors (Lipinski definition) is 3. The smallest absolute Gasteiger partial charge is 0.222 e. The Morgan fingerprint density at radius 1 is 1.27 bits per heavy atom. The van der Waals surface area contributed by atoms with Crippen molar-refractivity contribution in [1.82, 2.24) is 20.2 Å². The molecule has 0 spiro atoms. The lowest BCUT2D eigenvalue weighted by atomic mass is 9.95. The van der Waals surface area contributed by atoms with Crippen LogP contribution in [-0.2, 0) is 4.79 Å². The van der Waals surface area contributed by atoms with Gasteiger partial charge < -0.3 is 15.2 Å². The van der Waals surface area contributed by atoms with Gasteiger partial charge in [-0.1, -0.05) is 19.1 Å². The summed E-state index contributed by atoms with van der Waals surface area (Å²) in [6.45, 7) is 4.78. The predicted octanol–water partition coefficient (Wildman–Crippen LogP) is 1.81. The lowest BCUT2D eigenvalue weighted by Crippen LogP contribution is -2.41. The molecule has 1 amide bonds. The Morgan fingerprint density at radius 2 is 2.14 bits per heavy atom. The minimum absolute atomic E-state index is 0.0643. The van der Waals surface area contributed by atoms with Crippen molar-refractivity contribution in [2.75, 3.05) is 19.6 Å². The molecule has 1 aromatic heterocycles. The number of amides is 1. The topological polar surface area (TPSA) is 59.0 Å². The van der Waals surface area contributed by atoms with Crippen molar-refractivity contribution in [2.45, 2.75) is 31.7 Å². The van der Waals surface area contributed by atoms with Gasteiger partial charge in [-0.25, -0.2) is 4.98 Å². The third kappa shape index (κ3) is 2.20. The number of piperidine rings is 1. The van der Waals surface area contributed by atoms with Gasteiger partial charge in [0.05, 0.1) is 17.1 Å². The van der Waals surface area contributed by atoms with Crippen LogP contribution in [-0.4, -0.2) is 35.1 Å². The highest BCUT2D eigenvalue weighted by Crippen LogP contribution is 2.32. The average molecular weight is 298 g/mol. The third-order valence-electron chi connectivity index (χ3n) is 5.00. The van der Waals surface area contributed by atoms with Gasteiger partial charge in [0, 0.05) is 24.9 Å². The normalized spacial score (nSPS) is 29.0. The fourth-order valence-electron chi connectivity index (χ4n) is 3.80. The monoisotopic (exact) mass is 298 g/mol. The second-order valence-electron chi connectivity index (χ2n) is 6.55. The van der Waals surface area contributed by atoms with Crippen molar-refractivity contribution in [3.05, 3.63) is 30.1 Å². The van der Waals surface area contributed by atoms with Crippen LogP contribution in [0.5, 0.6) is 0 Å². The standard InChI is InChI=1S/C17H22N4O/c1-11-8-13(10-19-17(11)22)21-15-5-3-2-4-14(15)20-16(21)12-6-7-18-9-12/h2-5,11-13,18H,6-10H2,1H3,(H,19,22)/t11?,12-,13?/m0/s1. The number of imidazole rings is 1. The number of nitrogens with one attached hydrogen (secondary N) is 2. The molecule has 2 saturated heterocycles. The minimum Gasteiger partial charge on any atom is -0.354 e. The van der Waals surface area contributed by atoms with E-state index >= 15 is 0 Å². The first-order chi connectivity index (χ1) is 10.7. The second-order valence-corrected chi connectivity index (χ2v) is 6.55. The number of fused-ring (bicyclic) bond motifs is 1. The molecule has 2 aliphatic rings. The molecule has 0 radical (unpaired) electrons. The molecular weight excluding hydrogens is 276 g/mol. The van der Waals surface area contributed by atoms with Gasteiger partial charge >= 0.3 is 0 Å². The summed E-state index contributed by atoms with van der Waals surface area (Å²) in [6.07, 6.45) is 2.03. The molecular formula is C17H22N4O. The zero-order chi connectivity index (χ0) is 15.1. The van der Waals surface area contributed by atoms with E-state index in [-0.39, 0.29) is 11.8 Å². The predicted molar refractivity (Wildman–Crippen MR) is 85.8 cm³/mol. The highest BCUT2D eigenvalue weighted by Gasteiger charge is 2.31. The van der Waals surface area contributed by atoms with Crippen molar-refractivity contribution in [3.8, 4) is 0 Å². The summed E-state index contributed by atoms with van der Waals surface area (Å²) in [6, 6.07) is 8.65. The van der Waals surface area contributed by atoms with Crippen LogP contribution in [0.4, 0.5) is 0 Å². The number of benzene rings is 1. The van der Waals surface area contributed by atoms with Gasteiger partial charge in [-0.15, -0.1) is 0 Å². The van der Waals surface area contributed by atoms with Gasteiger partial charge in [-0.3, -0.25) is 4.79 Å². The quantitative estimate of drug-likeness (QED) is 0.889. The molecule has 2 unspecified atom stereocenters. The zero-order valence-corrected chi connectivity index (χ0v) is 12.9. The molecule has 3 atom stereocenters. The fourth-order valence-corrected chi connectivity index (χ4v) is 3.80. The summed E-state index contributed by atoms with van der Waals surface area (Å²) in [5, 5.41) is 6.49. The Bertz CT molecular complexity index is 702. The Morgan fingerprint density at radius 3 is 2.91 bits per heavy atom. The first kappa shape index (κ1) is 13.8. The Hall–Kier alpha value is -1.88. The van der Waals surface area contributed by atoms with Gasteiger partial charge in [-0.2, -0.15) is 0 Å². The fraction of sp³-hybridized carbons (Fsp3) is 0.529. The number of para-hydroxylation sites is 2. The van der Waals surface area contributed by atoms with Crippen LogP contribution in [0.3, 0.4) is 0 Å². The minimum atomic E-state index is 0.0643. The highest BCUT2D eigenvalue weighted by molar-refractivity contribution is 5.80. The summed E-state index contributed by atoms with van der Waals surface area (Å²) in [5.41, 5.74) is 2.26. The van der Waals surface area contributed by atoms with E-state index in [2.05, 4.69) is 33.4 Å². The SMILES string of the molecule is CC1CC(n2c([C@H]3CCNC3)nc3ccccc32)CNC1=O. The molecule has 0 aliphatic carbocycles. The lowest BCUT2D eigenvalue weighted by Gasteiger charge is -2.30. The highest BCUT2D eigenvalue weighted by atomic mass is 16.1. The number of aromatic nitrogens is 2. The lowest BCUT2D eigenvalue weighted by molar-refractivity contribution is -0.126. The van der Waals surface area contributed by atoms with E-state index in [1.165, 1.54) is 11.3 Å². The molecule has 5 heteroatoms. The van der Waals surface area contributed by atoms with Gasteiger partial charge in [0.15, 0.2) is 0 Å². The number of nitrogens with zero attached hydrogens (tertiary/aromatic N) is 2. The summed E-state index contributed by atoms with van der Waals surface area (Å²) in [4.78, 5) is 16.7. The van der Waals surface area contributed by atoms with Crippen LogP contribution in [0.2, 0.25) is 0 Å². The first-order valence-electron chi connectivity index (χ1n) is 8.19. The van der Waals surface area contributed by atoms with Crippen LogP contribution in [0, 0.1) is 5.92 Å². The Balaban J connectivity index is 1.80. The van der Waals surface area contributed by atoms with E-state index in [0.717, 1.165) is 31.4 Å². The van der Waals surface area contributed by atoms with Crippen molar-refractivity contribution < 1.29 is 4.79 Å². The van der Waals surface area contributed by atoms with E-state index in [0.29, 0.717) is 18.5 Å². The van der Waals surface area contributed by atoms with Crippen molar-refractivity contribution in [2.24, 2.45) is 5.92 Å². The van der Waals surface area contributed by atoms with Gasteiger partial charge in [0.2, 0.25) is 5.91 Å². The first-order valence-corrected chi connectivity index (χ1v) is 8.19. The largest absolute Gasteiger partial charge is 0.354 e. The van der Waals surface area contributed by atoms with Crippen LogP contribution in [0.25, 0.3) is 11.0 Å². The van der Waals surface area contributed by atoms with Crippen molar-refractivity contribution in [1.29, 1.82) is 0 Å². The maximum Gasteiger partial charge on any atom is 0.222 e.